The van der Waals surface area contributed by atoms with Crippen LogP contribution in [0.3, 0.4) is 0 Å². The molecule has 0 aliphatic heterocycles. The molecule has 0 fully saturated rings. The fourth-order valence-electron chi connectivity index (χ4n) is 4.13. The van der Waals surface area contributed by atoms with Gasteiger partial charge in [0.1, 0.15) is 0 Å². The number of hydrogen-bond donors (Lipinski definition) is 3. The van der Waals surface area contributed by atoms with E-state index in [0.717, 1.165) is 0 Å². The predicted octanol–water partition coefficient (Wildman–Crippen LogP) is 9.14. The van der Waals surface area contributed by atoms with Gasteiger partial charge in [0.2, 0.25) is 0 Å². The minimum Gasteiger partial charge on any atom is -0.394 e. The van der Waals surface area contributed by atoms with Crippen LogP contribution in [0, 0.1) is 0 Å². The maximum Gasteiger partial charge on any atom is 0.0701 e. The molecule has 0 spiro atoms. The zero-order valence-electron chi connectivity index (χ0n) is 25.4. The van der Waals surface area contributed by atoms with Crippen LogP contribution in [0.4, 0.5) is 0 Å². The topological polar surface area (TPSA) is 93.9 Å². The number of aliphatic hydroxyl groups excluding tert-OH is 2. The summed E-state index contributed by atoms with van der Waals surface area (Å²) in [5.41, 5.74) is 0. The van der Waals surface area contributed by atoms with Crippen molar-refractivity contribution in [2.45, 2.75) is 136 Å². The lowest BCUT2D eigenvalue weighted by molar-refractivity contribution is 0.0222. The Balaban J connectivity index is -0.000000385. The van der Waals surface area contributed by atoms with E-state index >= 15 is 0 Å². The summed E-state index contributed by atoms with van der Waals surface area (Å²) >= 11 is 0. The molecule has 37 heavy (non-hydrogen) atoms. The van der Waals surface area contributed by atoms with Crippen molar-refractivity contribution in [3.63, 3.8) is 0 Å². The van der Waals surface area contributed by atoms with Gasteiger partial charge in [0, 0.05) is 0 Å². The molecule has 5 nitrogen and oxygen atoms in total. The van der Waals surface area contributed by atoms with Crippen molar-refractivity contribution in [3.8, 4) is 0 Å². The van der Waals surface area contributed by atoms with E-state index in [-0.39, 0.29) is 31.8 Å². The number of rotatable bonds is 28. The van der Waals surface area contributed by atoms with Crippen molar-refractivity contribution in [1.82, 2.24) is 6.15 Å². The van der Waals surface area contributed by atoms with Gasteiger partial charge in [-0.1, -0.05) is 117 Å². The van der Waals surface area contributed by atoms with Crippen molar-refractivity contribution < 1.29 is 19.7 Å². The number of hydrogen-bond acceptors (Lipinski definition) is 5. The van der Waals surface area contributed by atoms with Crippen LogP contribution in [0.2, 0.25) is 0 Å². The Kier molecular flexibility index (Phi) is 52.4. The van der Waals surface area contributed by atoms with E-state index in [0.29, 0.717) is 34.3 Å². The summed E-state index contributed by atoms with van der Waals surface area (Å²) in [5, 5.41) is 16.5. The fourth-order valence-corrected chi connectivity index (χ4v) is 6.82. The number of unbranched alkanes of at least 4 members (excludes halogenated alkanes) is 15. The van der Waals surface area contributed by atoms with E-state index in [4.69, 9.17) is 19.7 Å². The quantitative estimate of drug-likeness (QED) is 0.0640. The lowest BCUT2D eigenvalue weighted by Gasteiger charge is -2.18. The Morgan fingerprint density at radius 1 is 0.432 bits per heavy atom. The van der Waals surface area contributed by atoms with Gasteiger partial charge >= 0.3 is 0 Å². The number of aliphatic hydroxyl groups is 2. The van der Waals surface area contributed by atoms with E-state index < -0.39 is 0 Å². The molecule has 230 valence electrons. The van der Waals surface area contributed by atoms with Gasteiger partial charge in [-0.05, 0) is 37.7 Å². The van der Waals surface area contributed by atoms with Gasteiger partial charge < -0.3 is 25.8 Å². The highest BCUT2D eigenvalue weighted by molar-refractivity contribution is 7.57. The highest BCUT2D eigenvalue weighted by Crippen LogP contribution is 2.39. The van der Waals surface area contributed by atoms with Crippen LogP contribution in [0.1, 0.15) is 136 Å². The molecule has 0 bridgehead atoms. The molecule has 0 saturated heterocycles. The predicted molar refractivity (Wildman–Crippen MR) is 170 cm³/mol. The van der Waals surface area contributed by atoms with Gasteiger partial charge in [0.25, 0.3) is 0 Å². The van der Waals surface area contributed by atoms with E-state index in [1.807, 2.05) is 0 Å². The Morgan fingerprint density at radius 2 is 0.703 bits per heavy atom. The third kappa shape index (κ3) is 43.8. The summed E-state index contributed by atoms with van der Waals surface area (Å²) in [4.78, 5) is 0. The molecule has 0 radical (unpaired) electrons. The molecule has 0 aromatic carbocycles. The average Bonchev–Trinajstić information content (AvgIpc) is 2.87. The molecule has 5 N–H and O–H groups in total. The molecule has 0 amide bonds. The molecule has 0 aromatic rings. The van der Waals surface area contributed by atoms with Gasteiger partial charge in [0.05, 0.1) is 39.6 Å². The normalized spacial score (nSPS) is 10.5. The molecule has 0 aliphatic carbocycles. The van der Waals surface area contributed by atoms with Crippen LogP contribution < -0.4 is 6.15 Å². The SMILES string of the molecule is CCCCCCCCP(CCCCCCCC)CCCCCCCC.Cl.N.OCCOCCOCCO. The third-order valence-electron chi connectivity index (χ3n) is 6.33. The molecule has 0 aliphatic rings. The summed E-state index contributed by atoms with van der Waals surface area (Å²) in [7, 11) is 0.366. The highest BCUT2D eigenvalue weighted by Gasteiger charge is 2.07. The number of halogens is 1. The van der Waals surface area contributed by atoms with E-state index in [2.05, 4.69) is 20.8 Å². The first kappa shape index (κ1) is 44.5. The zero-order valence-corrected chi connectivity index (χ0v) is 27.1. The summed E-state index contributed by atoms with van der Waals surface area (Å²) in [6.07, 6.45) is 31.2. The van der Waals surface area contributed by atoms with Crippen LogP contribution in [-0.4, -0.2) is 68.3 Å². The second-order valence-corrected chi connectivity index (χ2v) is 12.5. The third-order valence-corrected chi connectivity index (χ3v) is 9.17. The molecular formula is C30H69ClNO4P. The maximum absolute atomic E-state index is 8.26. The van der Waals surface area contributed by atoms with Crippen LogP contribution >= 0.6 is 20.3 Å². The van der Waals surface area contributed by atoms with Crippen molar-refractivity contribution >= 4 is 20.3 Å². The van der Waals surface area contributed by atoms with E-state index in [1.165, 1.54) is 116 Å². The van der Waals surface area contributed by atoms with Gasteiger partial charge in [-0.2, -0.15) is 0 Å². The minimum absolute atomic E-state index is 0. The largest absolute Gasteiger partial charge is 0.394 e. The molecule has 7 heteroatoms. The first-order chi connectivity index (χ1) is 17.3. The standard InChI is InChI=1S/C24H51P.C6H14O4.ClH.H3N/c1-4-7-10-13-16-19-22-25(23-20-17-14-11-8-5-2)24-21-18-15-12-9-6-3;7-1-3-9-5-6-10-4-2-8;;/h4-24H2,1-3H3;7-8H,1-6H2;1H;1H3. The zero-order chi connectivity index (χ0) is 26.1. The van der Waals surface area contributed by atoms with E-state index in [1.54, 1.807) is 18.5 Å². The second-order valence-electron chi connectivity index (χ2n) is 9.82. The Morgan fingerprint density at radius 3 is 0.973 bits per heavy atom. The monoisotopic (exact) mass is 573 g/mol. The summed E-state index contributed by atoms with van der Waals surface area (Å²) < 4.78 is 9.75. The Hall–Kier alpha value is 0.520. The van der Waals surface area contributed by atoms with Gasteiger partial charge in [-0.15, -0.1) is 20.3 Å². The van der Waals surface area contributed by atoms with Gasteiger partial charge in [-0.3, -0.25) is 0 Å². The smallest absolute Gasteiger partial charge is 0.0701 e. The maximum atomic E-state index is 8.26. The highest BCUT2D eigenvalue weighted by atomic mass is 35.5. The van der Waals surface area contributed by atoms with Crippen LogP contribution in [0.25, 0.3) is 0 Å². The van der Waals surface area contributed by atoms with E-state index in [9.17, 15) is 0 Å². The lowest BCUT2D eigenvalue weighted by Crippen LogP contribution is -2.09. The second kappa shape index (κ2) is 43.6. The molecule has 0 heterocycles. The first-order valence-corrected chi connectivity index (χ1v) is 17.3. The van der Waals surface area contributed by atoms with Gasteiger partial charge in [0.15, 0.2) is 0 Å². The van der Waals surface area contributed by atoms with Crippen LogP contribution in [0.15, 0.2) is 0 Å². The minimum atomic E-state index is 0. The van der Waals surface area contributed by atoms with Crippen molar-refractivity contribution in [1.29, 1.82) is 0 Å². The first-order valence-electron chi connectivity index (χ1n) is 15.4. The van der Waals surface area contributed by atoms with Crippen molar-refractivity contribution in [3.05, 3.63) is 0 Å². The molecular weight excluding hydrogens is 505 g/mol. The molecule has 0 unspecified atom stereocenters. The van der Waals surface area contributed by atoms with Crippen molar-refractivity contribution in [2.75, 3.05) is 58.1 Å². The molecule has 0 rings (SSSR count). The summed E-state index contributed by atoms with van der Waals surface area (Å²) in [6.45, 7) is 8.69. The van der Waals surface area contributed by atoms with Crippen LogP contribution in [0.5, 0.6) is 0 Å². The molecule has 0 saturated carbocycles. The Bertz CT molecular complexity index is 312. The molecule has 0 aromatic heterocycles. The summed E-state index contributed by atoms with van der Waals surface area (Å²) in [5.74, 6) is 0. The fraction of sp³-hybridized carbons (Fsp3) is 1.00. The summed E-state index contributed by atoms with van der Waals surface area (Å²) in [6, 6.07) is 0. The average molecular weight is 574 g/mol. The van der Waals surface area contributed by atoms with Gasteiger partial charge in [-0.25, -0.2) is 0 Å². The number of ether oxygens (including phenoxy) is 2. The molecule has 0 atom stereocenters. The lowest BCUT2D eigenvalue weighted by atomic mass is 10.1. The Labute approximate surface area is 240 Å². The van der Waals surface area contributed by atoms with Crippen LogP contribution in [-0.2, 0) is 9.47 Å². The van der Waals surface area contributed by atoms with Crippen molar-refractivity contribution in [2.24, 2.45) is 0 Å².